The molecular formula is C78H79N14NaO12. The summed E-state index contributed by atoms with van der Waals surface area (Å²) in [6.07, 6.45) is 12.8. The number of carboxylic acids is 1. The van der Waals surface area contributed by atoms with Crippen LogP contribution in [0.4, 0.5) is 0 Å². The van der Waals surface area contributed by atoms with Crippen LogP contribution in [0.3, 0.4) is 0 Å². The monoisotopic (exact) mass is 1430 g/mol. The zero-order valence-corrected chi connectivity index (χ0v) is 60.9. The number of aliphatic carboxylic acids is 1. The molecule has 105 heavy (non-hydrogen) atoms. The second-order valence-electron chi connectivity index (χ2n) is 21.2. The van der Waals surface area contributed by atoms with Gasteiger partial charge in [0, 0.05) is 88.7 Å². The fourth-order valence-electron chi connectivity index (χ4n) is 8.22. The summed E-state index contributed by atoms with van der Waals surface area (Å²) in [5.74, 6) is 0.268. The molecule has 0 saturated carbocycles. The third-order valence-electron chi connectivity index (χ3n) is 13.1. The number of methoxy groups -OCH3 is 2. The summed E-state index contributed by atoms with van der Waals surface area (Å²) >= 11 is 0. The van der Waals surface area contributed by atoms with Crippen LogP contribution >= 0.6 is 0 Å². The molecule has 6 aromatic carbocycles. The summed E-state index contributed by atoms with van der Waals surface area (Å²) in [5, 5.41) is 60.1. The van der Waals surface area contributed by atoms with Crippen LogP contribution < -0.4 is 62.0 Å². The number of esters is 2. The molecule has 0 saturated heterocycles. The number of aryl methyl sites for hydroxylation is 3. The van der Waals surface area contributed by atoms with Gasteiger partial charge in [0.1, 0.15) is 6.29 Å². The van der Waals surface area contributed by atoms with Crippen molar-refractivity contribution in [1.82, 2.24) is 49.9 Å². The maximum atomic E-state index is 12.3. The standard InChI is InChI=1S/C23H17N5O.C13H12N2O2.C12H12N2O.C11H7N3O.C9H10N2O2.C6H10O2.C2H4O2.CH3O.CH4.Na/c1-16-13-25-23(26-14-16)20-7-3-5-18(11-20)15-28-22(29)9-8-21(27-28)19-6-2-4-17(10-19)12-24;1-9-7-14-12(15-8-9)10-4-3-5-11(6-10)13(16)17-2;1-9-6-13-12(14-7-9)11-4-2-3-10(5-11)8-15;12-7-8-2-1-3-9(6-8)10-4-5-11(15)14-13-10;1-13-9(12)7-4-2-3-6(5-7)8(10)11;1-3-8-5-6(2)4-7;1-2(3)4;1-2;;/h2-11,13-14H,15H2,1H3;3-8H,1-2H3;2-7,15H,8H2,1H3;1-6H,(H,14,15);2-5H,1H3,(H3,10,11);4-5H,3H2,1-2H3;1H3,(H,3,4);1H3;1H4;/q;;;;;;;-1;;+1/b;;;;;6-5+;;;;. The summed E-state index contributed by atoms with van der Waals surface area (Å²) < 4.78 is 15.4. The van der Waals surface area contributed by atoms with E-state index in [1.54, 1.807) is 135 Å². The number of nitrogens with one attached hydrogen (secondary N) is 1. The number of amidine groups is 1. The summed E-state index contributed by atoms with van der Waals surface area (Å²) in [7, 11) is 3.43. The number of rotatable bonds is 14. The number of hydrogen-bond donors (Lipinski definition) is 4. The molecule has 5 aromatic heterocycles. The van der Waals surface area contributed by atoms with Gasteiger partial charge in [0.05, 0.1) is 91.6 Å². The number of aromatic nitrogens is 10. The number of nitrogens with zero attached hydrogens (tertiary/aromatic N) is 11. The average molecular weight is 1430 g/mol. The Morgan fingerprint density at radius 1 is 0.590 bits per heavy atom. The number of H-pyrrole nitrogens is 1. The van der Waals surface area contributed by atoms with Crippen LogP contribution in [0.25, 0.3) is 56.7 Å². The van der Waals surface area contributed by atoms with E-state index < -0.39 is 11.9 Å². The Morgan fingerprint density at radius 2 is 0.990 bits per heavy atom. The molecule has 0 fully saturated rings. The molecule has 534 valence electrons. The third kappa shape index (κ3) is 31.4. The van der Waals surface area contributed by atoms with Crippen LogP contribution in [0.1, 0.15) is 93.4 Å². The number of aldehydes is 1. The van der Waals surface area contributed by atoms with Gasteiger partial charge in [0.25, 0.3) is 17.0 Å². The van der Waals surface area contributed by atoms with E-state index in [2.05, 4.69) is 60.7 Å². The van der Waals surface area contributed by atoms with Crippen molar-refractivity contribution in [3.63, 3.8) is 0 Å². The molecule has 0 atom stereocenters. The fourth-order valence-corrected chi connectivity index (χ4v) is 8.22. The van der Waals surface area contributed by atoms with Gasteiger partial charge in [-0.2, -0.15) is 27.8 Å². The zero-order valence-electron chi connectivity index (χ0n) is 58.9. The second-order valence-corrected chi connectivity index (χ2v) is 21.2. The van der Waals surface area contributed by atoms with Gasteiger partial charge in [-0.3, -0.25) is 25.5 Å². The van der Waals surface area contributed by atoms with E-state index in [0.29, 0.717) is 75.4 Å². The van der Waals surface area contributed by atoms with Crippen LogP contribution in [-0.2, 0) is 37.0 Å². The molecule has 0 unspecified atom stereocenters. The molecule has 5 heterocycles. The summed E-state index contributed by atoms with van der Waals surface area (Å²) in [4.78, 5) is 90.0. The summed E-state index contributed by atoms with van der Waals surface area (Å²) in [6.45, 7) is 11.3. The third-order valence-corrected chi connectivity index (χ3v) is 13.1. The second kappa shape index (κ2) is 48.2. The van der Waals surface area contributed by atoms with Crippen molar-refractivity contribution in [2.75, 3.05) is 27.9 Å². The zero-order chi connectivity index (χ0) is 75.6. The number of aliphatic hydroxyl groups is 1. The molecule has 0 amide bonds. The first kappa shape index (κ1) is 88.4. The van der Waals surface area contributed by atoms with Crippen LogP contribution in [0, 0.1) is 43.4 Å². The molecule has 11 rings (SSSR count). The molecule has 6 N–H and O–H groups in total. The number of carbonyl (C=O) groups is 4. The maximum absolute atomic E-state index is 12.3. The number of benzene rings is 6. The molecule has 0 radical (unpaired) electrons. The Labute approximate surface area is 630 Å². The van der Waals surface area contributed by atoms with Gasteiger partial charge >= 0.3 is 41.5 Å². The number of aliphatic hydroxyl groups excluding tert-OH is 1. The van der Waals surface area contributed by atoms with Crippen molar-refractivity contribution in [1.29, 1.82) is 10.5 Å². The first-order chi connectivity index (χ1) is 49.6. The smallest absolute Gasteiger partial charge is 0.857 e. The van der Waals surface area contributed by atoms with Crippen LogP contribution in [-0.4, -0.2) is 113 Å². The van der Waals surface area contributed by atoms with Gasteiger partial charge in [-0.1, -0.05) is 86.3 Å². The van der Waals surface area contributed by atoms with Gasteiger partial charge in [0.15, 0.2) is 17.5 Å². The van der Waals surface area contributed by atoms with Crippen molar-refractivity contribution in [3.05, 3.63) is 295 Å². The van der Waals surface area contributed by atoms with Gasteiger partial charge in [-0.25, -0.2) is 49.3 Å². The van der Waals surface area contributed by atoms with Gasteiger partial charge in [0.2, 0.25) is 0 Å². The van der Waals surface area contributed by atoms with E-state index in [1.165, 1.54) is 37.3 Å². The van der Waals surface area contributed by atoms with Crippen molar-refractivity contribution < 1.29 is 83.7 Å². The number of nitrogens with two attached hydrogens (primary N) is 2. The van der Waals surface area contributed by atoms with Crippen LogP contribution in [0.15, 0.2) is 228 Å². The van der Waals surface area contributed by atoms with Gasteiger partial charge in [-0.15, -0.1) is 0 Å². The normalized spacial score (nSPS) is 9.63. The van der Waals surface area contributed by atoms with E-state index in [-0.39, 0.29) is 66.5 Å². The summed E-state index contributed by atoms with van der Waals surface area (Å²) in [5.41, 5.74) is 18.6. The Balaban J connectivity index is 0.000000436. The van der Waals surface area contributed by atoms with Crippen molar-refractivity contribution in [2.45, 2.75) is 62.1 Å². The molecule has 27 heteroatoms. The Morgan fingerprint density at radius 3 is 1.42 bits per heavy atom. The Hall–Kier alpha value is -12.7. The van der Waals surface area contributed by atoms with Gasteiger partial charge in [-0.05, 0) is 148 Å². The number of carbonyl (C=O) groups excluding carboxylic acids is 4. The minimum absolute atomic E-state index is 0. The number of allylic oxidation sites excluding steroid dienone is 1. The SMILES string of the molecule is C.CC(=O)[O-].CCO/C=C(\C)C=O.COC(=O)c1cccc(-c2ncc(C)cn2)c1.COC(=O)c1cccc(C(N)=[NH2+])c1.C[O-].Cc1cnc(-c2cccc(CO)c2)nc1.Cc1cnc(-c2cccc(Cn3nc(-c4cccc(C#N)c4)ccc3=O)c2)nc1.N#Cc1cccc(-c2ccc(=O)[nH]n2)c1.[Na+]. The van der Waals surface area contributed by atoms with E-state index >= 15 is 0 Å². The molecule has 0 aliphatic carbocycles. The molecule has 11 aromatic rings. The number of ether oxygens (including phenoxy) is 3. The van der Waals surface area contributed by atoms with Crippen molar-refractivity contribution in [2.24, 2.45) is 5.73 Å². The average Bonchev–Trinajstić information content (AvgIpc) is 0.829. The van der Waals surface area contributed by atoms with Crippen molar-refractivity contribution in [3.8, 4) is 68.8 Å². The predicted molar refractivity (Wildman–Crippen MR) is 389 cm³/mol. The topological polar surface area (TPSA) is 419 Å². The Bertz CT molecular complexity index is 4810. The number of hydrogen-bond acceptors (Lipinski definition) is 22. The van der Waals surface area contributed by atoms with E-state index in [4.69, 9.17) is 46.5 Å². The minimum atomic E-state index is -1.08. The van der Waals surface area contributed by atoms with Gasteiger partial charge < -0.3 is 34.3 Å². The van der Waals surface area contributed by atoms with E-state index in [0.717, 1.165) is 76.0 Å². The van der Waals surface area contributed by atoms with Crippen molar-refractivity contribution >= 4 is 30.0 Å². The molecule has 0 aliphatic rings. The fraction of sp³-hybridized carbons (Fsp3) is 0.167. The minimum Gasteiger partial charge on any atom is -0.857 e. The maximum Gasteiger partial charge on any atom is 1.00 e. The number of carboxylic acid groups (broad SMARTS) is 1. The first-order valence-corrected chi connectivity index (χ1v) is 31.0. The predicted octanol–water partition coefficient (Wildman–Crippen LogP) is 4.52. The van der Waals surface area contributed by atoms with E-state index in [9.17, 15) is 24.0 Å². The van der Waals surface area contributed by atoms with Crippen LogP contribution in [0.2, 0.25) is 0 Å². The Kier molecular flexibility index (Phi) is 40.6. The molecule has 0 spiro atoms. The molecular weight excluding hydrogens is 1350 g/mol. The number of nitriles is 2. The quantitative estimate of drug-likeness (QED) is 0.0221. The first-order valence-electron chi connectivity index (χ1n) is 31.0. The van der Waals surface area contributed by atoms with Crippen LogP contribution in [0.5, 0.6) is 0 Å². The number of aromatic amines is 1. The molecule has 0 aliphatic heterocycles. The largest absolute Gasteiger partial charge is 1.00 e. The van der Waals surface area contributed by atoms with E-state index in [1.807, 2.05) is 100 Å². The molecule has 26 nitrogen and oxygen atoms in total. The molecule has 0 bridgehead atoms. The summed E-state index contributed by atoms with van der Waals surface area (Å²) in [6, 6.07) is 53.6.